The van der Waals surface area contributed by atoms with Gasteiger partial charge in [-0.2, -0.15) is 0 Å². The zero-order valence-corrected chi connectivity index (χ0v) is 37.6. The van der Waals surface area contributed by atoms with Crippen molar-refractivity contribution in [3.8, 4) is 50.3 Å². The highest BCUT2D eigenvalue weighted by molar-refractivity contribution is 5.99. The SMILES string of the molecule is Cc1ccc(-c2c3nc(c(-c4ccc(C)cc4)c4ccc([nH]4)c(-c4ccc(OCCCCCCCCCCC(=O)O)cc4)c4nc(c(-c5ccc(C)cc5)c5ccc2[nH]5)C=C4)C=C3)cc1. The molecule has 0 fully saturated rings. The minimum absolute atomic E-state index is 0.275. The standard InChI is InChI=1S/C58H56N4O3/c1-38-13-19-41(20-14-38)55-46-29-31-48(59-46)56(42-21-15-39(2)16-22-42)50-33-35-52(61-50)58(44-25-27-45(28-26-44)65-37-11-9-7-5-4-6-8-10-12-54(63)64)53-36-34-51(62-53)57(49-32-30-47(55)60-49)43-23-17-40(3)18-24-43/h13-36,59,62H,4-12,37H2,1-3H3,(H,63,64). The Hall–Kier alpha value is -7.25. The molecular weight excluding hydrogens is 801 g/mol. The summed E-state index contributed by atoms with van der Waals surface area (Å²) in [5.41, 5.74) is 19.3. The van der Waals surface area contributed by atoms with E-state index in [1.54, 1.807) is 0 Å². The first-order valence-electron chi connectivity index (χ1n) is 23.1. The molecule has 0 saturated carbocycles. The zero-order chi connectivity index (χ0) is 44.7. The summed E-state index contributed by atoms with van der Waals surface area (Å²) in [6.45, 7) is 7.02. The number of fused-ring (bicyclic) bond motifs is 8. The number of aromatic amines is 2. The number of benzene rings is 4. The molecule has 0 aliphatic carbocycles. The summed E-state index contributed by atoms with van der Waals surface area (Å²) >= 11 is 0. The van der Waals surface area contributed by atoms with Crippen LogP contribution >= 0.6 is 0 Å². The molecule has 3 N–H and O–H groups in total. The van der Waals surface area contributed by atoms with E-state index < -0.39 is 5.97 Å². The van der Waals surface area contributed by atoms with Crippen molar-refractivity contribution in [1.82, 2.24) is 19.9 Å². The van der Waals surface area contributed by atoms with Crippen molar-refractivity contribution in [2.75, 3.05) is 6.61 Å². The van der Waals surface area contributed by atoms with Crippen LogP contribution in [0.2, 0.25) is 0 Å². The molecule has 65 heavy (non-hydrogen) atoms. The average molecular weight is 857 g/mol. The number of nitrogens with one attached hydrogen (secondary N) is 2. The molecule has 4 aromatic carbocycles. The van der Waals surface area contributed by atoms with Gasteiger partial charge in [0.25, 0.3) is 0 Å². The lowest BCUT2D eigenvalue weighted by Gasteiger charge is -2.09. The minimum atomic E-state index is -0.700. The summed E-state index contributed by atoms with van der Waals surface area (Å²) in [6, 6.07) is 43.2. The quantitative estimate of drug-likeness (QED) is 0.0840. The molecule has 3 aromatic heterocycles. The van der Waals surface area contributed by atoms with Gasteiger partial charge in [-0.25, -0.2) is 9.97 Å². The molecule has 0 atom stereocenters. The van der Waals surface area contributed by atoms with Gasteiger partial charge in [0.1, 0.15) is 5.75 Å². The second-order valence-corrected chi connectivity index (χ2v) is 17.4. The van der Waals surface area contributed by atoms with Crippen molar-refractivity contribution in [2.45, 2.75) is 78.6 Å². The largest absolute Gasteiger partial charge is 0.494 e. The molecule has 0 amide bonds. The van der Waals surface area contributed by atoms with Crippen molar-refractivity contribution < 1.29 is 14.6 Å². The van der Waals surface area contributed by atoms with E-state index in [0.717, 1.165) is 134 Å². The molecule has 2 aliphatic heterocycles. The fourth-order valence-electron chi connectivity index (χ4n) is 8.93. The third-order valence-electron chi connectivity index (χ3n) is 12.5. The number of hydrogen-bond acceptors (Lipinski definition) is 4. The molecule has 0 unspecified atom stereocenters. The first-order chi connectivity index (χ1) is 31.8. The highest BCUT2D eigenvalue weighted by Gasteiger charge is 2.19. The Balaban J connectivity index is 1.15. The number of aromatic nitrogens is 4. The Kier molecular flexibility index (Phi) is 13.0. The number of nitrogens with zero attached hydrogens (tertiary/aromatic N) is 2. The Morgan fingerprint density at radius 2 is 0.738 bits per heavy atom. The number of hydrogen-bond donors (Lipinski definition) is 3. The number of ether oxygens (including phenoxy) is 1. The molecule has 8 bridgehead atoms. The number of aryl methyl sites for hydroxylation is 3. The van der Waals surface area contributed by atoms with E-state index in [1.807, 2.05) is 0 Å². The lowest BCUT2D eigenvalue weighted by Crippen LogP contribution is -1.97. The van der Waals surface area contributed by atoms with Crippen LogP contribution in [0, 0.1) is 20.8 Å². The lowest BCUT2D eigenvalue weighted by atomic mass is 10.0. The highest BCUT2D eigenvalue weighted by atomic mass is 16.5. The van der Waals surface area contributed by atoms with Gasteiger partial charge in [0.05, 0.1) is 29.4 Å². The van der Waals surface area contributed by atoms with Gasteiger partial charge >= 0.3 is 5.97 Å². The maximum Gasteiger partial charge on any atom is 0.303 e. The predicted molar refractivity (Wildman–Crippen MR) is 269 cm³/mol. The zero-order valence-electron chi connectivity index (χ0n) is 37.6. The first-order valence-corrected chi connectivity index (χ1v) is 23.1. The lowest BCUT2D eigenvalue weighted by molar-refractivity contribution is -0.137. The molecule has 326 valence electrons. The van der Waals surface area contributed by atoms with Crippen molar-refractivity contribution >= 4 is 52.3 Å². The van der Waals surface area contributed by atoms with E-state index in [9.17, 15) is 4.79 Å². The van der Waals surface area contributed by atoms with Crippen LogP contribution in [0.25, 0.3) is 90.9 Å². The van der Waals surface area contributed by atoms with E-state index in [1.165, 1.54) is 29.5 Å². The maximum absolute atomic E-state index is 10.7. The molecule has 5 heterocycles. The van der Waals surface area contributed by atoms with Crippen LogP contribution in [0.3, 0.4) is 0 Å². The van der Waals surface area contributed by atoms with Crippen molar-refractivity contribution in [2.24, 2.45) is 0 Å². The maximum atomic E-state index is 10.7. The summed E-state index contributed by atoms with van der Waals surface area (Å²) in [7, 11) is 0. The summed E-state index contributed by atoms with van der Waals surface area (Å²) in [5.74, 6) is 0.144. The summed E-state index contributed by atoms with van der Waals surface area (Å²) in [5, 5.41) is 8.84. The second-order valence-electron chi connectivity index (χ2n) is 17.4. The summed E-state index contributed by atoms with van der Waals surface area (Å²) < 4.78 is 6.25. The molecule has 0 spiro atoms. The highest BCUT2D eigenvalue weighted by Crippen LogP contribution is 2.39. The number of aliphatic carboxylic acids is 1. The van der Waals surface area contributed by atoms with Crippen LogP contribution in [0.15, 0.2) is 121 Å². The number of carboxylic acids is 1. The molecule has 7 nitrogen and oxygen atoms in total. The van der Waals surface area contributed by atoms with Crippen LogP contribution in [0.1, 0.15) is 97.3 Å². The van der Waals surface area contributed by atoms with Gasteiger partial charge in [0, 0.05) is 50.7 Å². The molecule has 9 rings (SSSR count). The molecule has 7 aromatic rings. The fourth-order valence-corrected chi connectivity index (χ4v) is 8.93. The van der Waals surface area contributed by atoms with Crippen LogP contribution in [0.4, 0.5) is 0 Å². The van der Waals surface area contributed by atoms with E-state index in [0.29, 0.717) is 6.61 Å². The third kappa shape index (κ3) is 9.95. The van der Waals surface area contributed by atoms with Crippen molar-refractivity contribution in [1.29, 1.82) is 0 Å². The van der Waals surface area contributed by atoms with Crippen LogP contribution in [-0.2, 0) is 4.79 Å². The second kappa shape index (κ2) is 19.6. The molecular formula is C58H56N4O3. The van der Waals surface area contributed by atoms with E-state index in [-0.39, 0.29) is 6.42 Å². The fraction of sp³-hybridized carbons (Fsp3) is 0.224. The van der Waals surface area contributed by atoms with Crippen molar-refractivity contribution in [3.63, 3.8) is 0 Å². The molecule has 0 radical (unpaired) electrons. The van der Waals surface area contributed by atoms with Gasteiger partial charge in [-0.05, 0) is 117 Å². The van der Waals surface area contributed by atoms with E-state index in [2.05, 4.69) is 176 Å². The van der Waals surface area contributed by atoms with Gasteiger partial charge in [-0.15, -0.1) is 0 Å². The molecule has 7 heteroatoms. The number of unbranched alkanes of at least 4 members (excludes halogenated alkanes) is 7. The van der Waals surface area contributed by atoms with E-state index >= 15 is 0 Å². The van der Waals surface area contributed by atoms with E-state index in [4.69, 9.17) is 19.8 Å². The normalized spacial score (nSPS) is 11.9. The Morgan fingerprint density at radius 3 is 1.08 bits per heavy atom. The first kappa shape index (κ1) is 43.0. The molecule has 2 aliphatic rings. The Bertz CT molecular complexity index is 3000. The molecule has 0 saturated heterocycles. The smallest absolute Gasteiger partial charge is 0.303 e. The summed E-state index contributed by atoms with van der Waals surface area (Å²) in [6.07, 6.45) is 17.3. The van der Waals surface area contributed by atoms with Gasteiger partial charge < -0.3 is 19.8 Å². The van der Waals surface area contributed by atoms with Crippen LogP contribution in [-0.4, -0.2) is 37.6 Å². The number of carboxylic acid groups (broad SMARTS) is 1. The Morgan fingerprint density at radius 1 is 0.431 bits per heavy atom. The van der Waals surface area contributed by atoms with Gasteiger partial charge in [-0.3, -0.25) is 4.79 Å². The van der Waals surface area contributed by atoms with Gasteiger partial charge in [0.2, 0.25) is 0 Å². The number of H-pyrrole nitrogens is 2. The predicted octanol–water partition coefficient (Wildman–Crippen LogP) is 15.2. The number of rotatable bonds is 16. The monoisotopic (exact) mass is 856 g/mol. The summed E-state index contributed by atoms with van der Waals surface area (Å²) in [4.78, 5) is 29.4. The van der Waals surface area contributed by atoms with Gasteiger partial charge in [-0.1, -0.05) is 140 Å². The average Bonchev–Trinajstić information content (AvgIpc) is 4.16. The third-order valence-corrected chi connectivity index (χ3v) is 12.5. The van der Waals surface area contributed by atoms with Gasteiger partial charge in [0.15, 0.2) is 0 Å². The van der Waals surface area contributed by atoms with Crippen molar-refractivity contribution in [3.05, 3.63) is 161 Å². The topological polar surface area (TPSA) is 104 Å². The minimum Gasteiger partial charge on any atom is -0.494 e. The number of carbonyl (C=O) groups is 1. The van der Waals surface area contributed by atoms with Crippen LogP contribution in [0.5, 0.6) is 5.75 Å². The Labute approximate surface area is 381 Å². The van der Waals surface area contributed by atoms with Crippen LogP contribution < -0.4 is 4.74 Å².